The van der Waals surface area contributed by atoms with E-state index in [-0.39, 0.29) is 6.03 Å². The van der Waals surface area contributed by atoms with Gasteiger partial charge < -0.3 is 10.6 Å². The molecule has 0 heterocycles. The van der Waals surface area contributed by atoms with Crippen LogP contribution in [0.1, 0.15) is 20.3 Å². The van der Waals surface area contributed by atoms with Crippen LogP contribution in [0, 0.1) is 0 Å². The van der Waals surface area contributed by atoms with Gasteiger partial charge in [0.1, 0.15) is 0 Å². The van der Waals surface area contributed by atoms with Crippen LogP contribution in [0.5, 0.6) is 0 Å². The molecule has 0 aliphatic rings. The number of carbonyl (C=O) groups is 1. The largest absolute Gasteiger partial charge is 0.338 e. The first kappa shape index (κ1) is 10.0. The van der Waals surface area contributed by atoms with E-state index in [0.29, 0.717) is 6.54 Å². The monoisotopic (exact) mass is 156 g/mol. The number of nitrogens with one attached hydrogen (secondary N) is 2. The molecule has 0 aromatic rings. The van der Waals surface area contributed by atoms with E-state index in [0.717, 1.165) is 18.5 Å². The lowest BCUT2D eigenvalue weighted by molar-refractivity contribution is 0.241. The summed E-state index contributed by atoms with van der Waals surface area (Å²) in [5, 5.41) is 5.36. The van der Waals surface area contributed by atoms with Crippen LogP contribution in [0.4, 0.5) is 4.79 Å². The maximum atomic E-state index is 10.8. The summed E-state index contributed by atoms with van der Waals surface area (Å²) in [6.45, 7) is 8.83. The van der Waals surface area contributed by atoms with Gasteiger partial charge in [-0.15, -0.1) is 0 Å². The Labute approximate surface area is 67.9 Å². The summed E-state index contributed by atoms with van der Waals surface area (Å²) in [6.07, 6.45) is 0.959. The molecule has 3 heteroatoms. The van der Waals surface area contributed by atoms with Crippen molar-refractivity contribution in [2.45, 2.75) is 20.3 Å². The minimum absolute atomic E-state index is 0.116. The maximum Gasteiger partial charge on any atom is 0.315 e. The summed E-state index contributed by atoms with van der Waals surface area (Å²) in [6, 6.07) is -0.116. The Morgan fingerprint density at radius 1 is 1.45 bits per heavy atom. The molecule has 0 atom stereocenters. The summed E-state index contributed by atoms with van der Waals surface area (Å²) in [5.41, 5.74) is 0.955. The van der Waals surface area contributed by atoms with Crippen LogP contribution in [-0.2, 0) is 0 Å². The quantitative estimate of drug-likeness (QED) is 0.591. The van der Waals surface area contributed by atoms with Crippen molar-refractivity contribution in [1.29, 1.82) is 0 Å². The molecule has 11 heavy (non-hydrogen) atoms. The summed E-state index contributed by atoms with van der Waals surface area (Å²) in [5.74, 6) is 0. The highest BCUT2D eigenvalue weighted by atomic mass is 16.2. The topological polar surface area (TPSA) is 41.1 Å². The van der Waals surface area contributed by atoms with Gasteiger partial charge in [0.15, 0.2) is 0 Å². The summed E-state index contributed by atoms with van der Waals surface area (Å²) < 4.78 is 0. The van der Waals surface area contributed by atoms with E-state index in [1.165, 1.54) is 0 Å². The van der Waals surface area contributed by atoms with Crippen molar-refractivity contribution in [3.05, 3.63) is 12.2 Å². The Morgan fingerprint density at radius 2 is 2.09 bits per heavy atom. The SMILES string of the molecule is C=C(C)CNC(=O)NCCC. The third kappa shape index (κ3) is 6.90. The average Bonchev–Trinajstić information content (AvgIpc) is 1.97. The van der Waals surface area contributed by atoms with Crippen molar-refractivity contribution in [2.75, 3.05) is 13.1 Å². The molecule has 0 aromatic heterocycles. The van der Waals surface area contributed by atoms with E-state index in [4.69, 9.17) is 0 Å². The summed E-state index contributed by atoms with van der Waals surface area (Å²) in [7, 11) is 0. The number of urea groups is 1. The number of hydrogen-bond donors (Lipinski definition) is 2. The van der Waals surface area contributed by atoms with E-state index < -0.39 is 0 Å². The lowest BCUT2D eigenvalue weighted by Gasteiger charge is -2.05. The molecule has 64 valence electrons. The van der Waals surface area contributed by atoms with E-state index in [2.05, 4.69) is 17.2 Å². The molecule has 0 aliphatic carbocycles. The minimum Gasteiger partial charge on any atom is -0.338 e. The Morgan fingerprint density at radius 3 is 2.55 bits per heavy atom. The third-order valence-electron chi connectivity index (χ3n) is 1.09. The van der Waals surface area contributed by atoms with E-state index in [1.807, 2.05) is 13.8 Å². The zero-order chi connectivity index (χ0) is 8.69. The normalized spacial score (nSPS) is 8.91. The van der Waals surface area contributed by atoms with Gasteiger partial charge in [0.2, 0.25) is 0 Å². The zero-order valence-corrected chi connectivity index (χ0v) is 7.24. The third-order valence-corrected chi connectivity index (χ3v) is 1.09. The lowest BCUT2D eigenvalue weighted by atomic mass is 10.3. The van der Waals surface area contributed by atoms with Crippen molar-refractivity contribution in [2.24, 2.45) is 0 Å². The summed E-state index contributed by atoms with van der Waals surface area (Å²) >= 11 is 0. The number of hydrogen-bond acceptors (Lipinski definition) is 1. The van der Waals surface area contributed by atoms with E-state index in [1.54, 1.807) is 0 Å². The van der Waals surface area contributed by atoms with Gasteiger partial charge in [-0.1, -0.05) is 19.1 Å². The van der Waals surface area contributed by atoms with Crippen molar-refractivity contribution >= 4 is 6.03 Å². The highest BCUT2D eigenvalue weighted by Crippen LogP contribution is 1.80. The van der Waals surface area contributed by atoms with Crippen molar-refractivity contribution in [3.8, 4) is 0 Å². The molecule has 0 aliphatic heterocycles. The Bertz CT molecular complexity index is 143. The second-order valence-corrected chi connectivity index (χ2v) is 2.57. The zero-order valence-electron chi connectivity index (χ0n) is 7.24. The Hall–Kier alpha value is -0.990. The second kappa shape index (κ2) is 5.77. The standard InChI is InChI=1S/C8H16N2O/c1-4-5-9-8(11)10-6-7(2)3/h2,4-6H2,1,3H3,(H2,9,10,11). The highest BCUT2D eigenvalue weighted by molar-refractivity contribution is 5.73. The van der Waals surface area contributed by atoms with Crippen molar-refractivity contribution in [3.63, 3.8) is 0 Å². The van der Waals surface area contributed by atoms with Gasteiger partial charge in [-0.2, -0.15) is 0 Å². The van der Waals surface area contributed by atoms with Crippen LogP contribution >= 0.6 is 0 Å². The smallest absolute Gasteiger partial charge is 0.315 e. The predicted molar refractivity (Wildman–Crippen MR) is 46.5 cm³/mol. The van der Waals surface area contributed by atoms with Gasteiger partial charge in [-0.25, -0.2) is 4.79 Å². The van der Waals surface area contributed by atoms with Crippen LogP contribution in [0.2, 0.25) is 0 Å². The summed E-state index contributed by atoms with van der Waals surface area (Å²) in [4.78, 5) is 10.8. The van der Waals surface area contributed by atoms with E-state index >= 15 is 0 Å². The first-order chi connectivity index (χ1) is 5.16. The molecule has 0 unspecified atom stereocenters. The Balaban J connectivity index is 3.30. The first-order valence-electron chi connectivity index (χ1n) is 3.83. The molecule has 0 fully saturated rings. The highest BCUT2D eigenvalue weighted by Gasteiger charge is 1.95. The average molecular weight is 156 g/mol. The number of rotatable bonds is 4. The fraction of sp³-hybridized carbons (Fsp3) is 0.625. The molecule has 0 rings (SSSR count). The number of amides is 2. The predicted octanol–water partition coefficient (Wildman–Crippen LogP) is 1.27. The van der Waals surface area contributed by atoms with Gasteiger partial charge in [-0.05, 0) is 13.3 Å². The molecule has 0 saturated carbocycles. The molecule has 2 N–H and O–H groups in total. The molecule has 0 saturated heterocycles. The van der Waals surface area contributed by atoms with Gasteiger partial charge >= 0.3 is 6.03 Å². The molecule has 0 spiro atoms. The van der Waals surface area contributed by atoms with Crippen LogP contribution < -0.4 is 10.6 Å². The number of carbonyl (C=O) groups excluding carboxylic acids is 1. The minimum atomic E-state index is -0.116. The fourth-order valence-electron chi connectivity index (χ4n) is 0.532. The molecule has 3 nitrogen and oxygen atoms in total. The molecule has 2 amide bonds. The van der Waals surface area contributed by atoms with Crippen molar-refractivity contribution in [1.82, 2.24) is 10.6 Å². The van der Waals surface area contributed by atoms with Gasteiger partial charge in [0.05, 0.1) is 0 Å². The van der Waals surface area contributed by atoms with Crippen LogP contribution in [0.25, 0.3) is 0 Å². The maximum absolute atomic E-state index is 10.8. The molecule has 0 radical (unpaired) electrons. The Kier molecular flexibility index (Phi) is 5.25. The van der Waals surface area contributed by atoms with E-state index in [9.17, 15) is 4.79 Å². The molecular formula is C8H16N2O. The van der Waals surface area contributed by atoms with Gasteiger partial charge in [-0.3, -0.25) is 0 Å². The molecular weight excluding hydrogens is 140 g/mol. The van der Waals surface area contributed by atoms with Gasteiger partial charge in [0, 0.05) is 13.1 Å². The second-order valence-electron chi connectivity index (χ2n) is 2.57. The fourth-order valence-corrected chi connectivity index (χ4v) is 0.532. The first-order valence-corrected chi connectivity index (χ1v) is 3.83. The molecule has 0 aromatic carbocycles. The van der Waals surface area contributed by atoms with Crippen molar-refractivity contribution < 1.29 is 4.79 Å². The lowest BCUT2D eigenvalue weighted by Crippen LogP contribution is -2.36. The molecule has 0 bridgehead atoms. The van der Waals surface area contributed by atoms with Crippen LogP contribution in [0.15, 0.2) is 12.2 Å². The van der Waals surface area contributed by atoms with Crippen LogP contribution in [-0.4, -0.2) is 19.1 Å². The van der Waals surface area contributed by atoms with Crippen LogP contribution in [0.3, 0.4) is 0 Å². The van der Waals surface area contributed by atoms with Gasteiger partial charge in [0.25, 0.3) is 0 Å².